The largest absolute Gasteiger partial charge is 0.393 e. The molecule has 0 saturated heterocycles. The van der Waals surface area contributed by atoms with E-state index in [9.17, 15) is 4.79 Å². The lowest BCUT2D eigenvalue weighted by molar-refractivity contribution is -0.121. The van der Waals surface area contributed by atoms with Gasteiger partial charge in [0.05, 0.1) is 6.10 Å². The van der Waals surface area contributed by atoms with Crippen LogP contribution in [0.3, 0.4) is 0 Å². The number of benzene rings is 1. The Morgan fingerprint density at radius 1 is 1.39 bits per heavy atom. The Morgan fingerprint density at radius 2 is 2.11 bits per heavy atom. The molecule has 0 spiro atoms. The zero-order chi connectivity index (χ0) is 13.4. The molecule has 18 heavy (non-hydrogen) atoms. The first-order valence-corrected chi connectivity index (χ1v) is 6.59. The van der Waals surface area contributed by atoms with Crippen LogP contribution in [0.5, 0.6) is 0 Å². The fraction of sp³-hybridized carbons (Fsp3) is 0.533. The summed E-state index contributed by atoms with van der Waals surface area (Å²) >= 11 is 0. The Morgan fingerprint density at radius 3 is 2.78 bits per heavy atom. The molecule has 0 heterocycles. The maximum Gasteiger partial charge on any atom is 0.220 e. The first-order valence-electron chi connectivity index (χ1n) is 6.59. The van der Waals surface area contributed by atoms with Crippen LogP contribution in [-0.2, 0) is 11.2 Å². The van der Waals surface area contributed by atoms with E-state index in [1.165, 1.54) is 11.1 Å². The van der Waals surface area contributed by atoms with E-state index in [0.29, 0.717) is 13.0 Å². The third-order valence-electron chi connectivity index (χ3n) is 3.00. The number of hydrogen-bond acceptors (Lipinski definition) is 2. The lowest BCUT2D eigenvalue weighted by atomic mass is 10.0. The number of aryl methyl sites for hydroxylation is 2. The lowest BCUT2D eigenvalue weighted by Crippen LogP contribution is -2.25. The summed E-state index contributed by atoms with van der Waals surface area (Å²) in [6.45, 7) is 4.48. The number of carbonyl (C=O) groups is 1. The molecule has 1 unspecified atom stereocenters. The van der Waals surface area contributed by atoms with Crippen LogP contribution in [0.1, 0.15) is 37.3 Å². The summed E-state index contributed by atoms with van der Waals surface area (Å²) in [7, 11) is 0. The van der Waals surface area contributed by atoms with Crippen molar-refractivity contribution in [3.8, 4) is 0 Å². The van der Waals surface area contributed by atoms with Crippen LogP contribution in [0.25, 0.3) is 0 Å². The number of hydrogen-bond donors (Lipinski definition) is 2. The third kappa shape index (κ3) is 5.82. The average Bonchev–Trinajstić information content (AvgIpc) is 2.33. The molecule has 3 heteroatoms. The molecule has 2 N–H and O–H groups in total. The molecule has 1 atom stereocenters. The third-order valence-corrected chi connectivity index (χ3v) is 3.00. The van der Waals surface area contributed by atoms with Gasteiger partial charge in [-0.05, 0) is 44.2 Å². The number of carbonyl (C=O) groups excluding carboxylic acids is 1. The minimum atomic E-state index is -0.283. The molecule has 0 saturated carbocycles. The van der Waals surface area contributed by atoms with E-state index in [0.717, 1.165) is 19.3 Å². The van der Waals surface area contributed by atoms with Gasteiger partial charge >= 0.3 is 0 Å². The van der Waals surface area contributed by atoms with Gasteiger partial charge in [-0.2, -0.15) is 0 Å². The number of amides is 1. The molecule has 0 radical (unpaired) electrons. The Bertz CT molecular complexity index is 375. The highest BCUT2D eigenvalue weighted by Crippen LogP contribution is 2.09. The van der Waals surface area contributed by atoms with Crippen LogP contribution in [0.4, 0.5) is 0 Å². The Hall–Kier alpha value is -1.35. The second-order valence-electron chi connectivity index (χ2n) is 4.77. The van der Waals surface area contributed by atoms with Crippen molar-refractivity contribution in [3.63, 3.8) is 0 Å². The molecular formula is C15H23NO2. The molecule has 0 aliphatic rings. The molecule has 1 rings (SSSR count). The number of aliphatic hydroxyl groups excluding tert-OH is 1. The number of rotatable bonds is 7. The Labute approximate surface area is 109 Å². The van der Waals surface area contributed by atoms with E-state index in [-0.39, 0.29) is 12.0 Å². The molecule has 0 aliphatic heterocycles. The fourth-order valence-electron chi connectivity index (χ4n) is 1.85. The van der Waals surface area contributed by atoms with Gasteiger partial charge in [-0.3, -0.25) is 4.79 Å². The van der Waals surface area contributed by atoms with Crippen molar-refractivity contribution in [1.82, 2.24) is 5.32 Å². The van der Waals surface area contributed by atoms with Gasteiger partial charge in [-0.25, -0.2) is 0 Å². The van der Waals surface area contributed by atoms with Crippen LogP contribution in [0.15, 0.2) is 24.3 Å². The normalized spacial score (nSPS) is 12.2. The summed E-state index contributed by atoms with van der Waals surface area (Å²) in [6.07, 6.45) is 2.59. The van der Waals surface area contributed by atoms with Gasteiger partial charge in [0, 0.05) is 13.0 Å². The fourth-order valence-corrected chi connectivity index (χ4v) is 1.85. The molecular weight excluding hydrogens is 226 g/mol. The SMILES string of the molecule is Cc1ccccc1CCC(=O)NCCCC(C)O. The summed E-state index contributed by atoms with van der Waals surface area (Å²) in [5.41, 5.74) is 2.47. The summed E-state index contributed by atoms with van der Waals surface area (Å²) in [5, 5.41) is 12.0. The van der Waals surface area contributed by atoms with Gasteiger partial charge in [-0.1, -0.05) is 24.3 Å². The molecule has 0 aliphatic carbocycles. The van der Waals surface area contributed by atoms with Gasteiger partial charge in [0.2, 0.25) is 5.91 Å². The van der Waals surface area contributed by atoms with Gasteiger partial charge in [-0.15, -0.1) is 0 Å². The van der Waals surface area contributed by atoms with Gasteiger partial charge in [0.1, 0.15) is 0 Å². The average molecular weight is 249 g/mol. The maximum atomic E-state index is 11.6. The lowest BCUT2D eigenvalue weighted by Gasteiger charge is -2.07. The van der Waals surface area contributed by atoms with Crippen molar-refractivity contribution in [2.24, 2.45) is 0 Å². The van der Waals surface area contributed by atoms with Crippen molar-refractivity contribution in [2.75, 3.05) is 6.54 Å². The minimum absolute atomic E-state index is 0.0869. The highest BCUT2D eigenvalue weighted by Gasteiger charge is 2.03. The highest BCUT2D eigenvalue weighted by atomic mass is 16.3. The van der Waals surface area contributed by atoms with E-state index in [4.69, 9.17) is 5.11 Å². The summed E-state index contributed by atoms with van der Waals surface area (Å²) in [6, 6.07) is 8.14. The molecule has 100 valence electrons. The molecule has 1 amide bonds. The van der Waals surface area contributed by atoms with Crippen LogP contribution >= 0.6 is 0 Å². The first-order chi connectivity index (χ1) is 8.59. The van der Waals surface area contributed by atoms with Crippen LogP contribution in [0.2, 0.25) is 0 Å². The molecule has 0 bridgehead atoms. The summed E-state index contributed by atoms with van der Waals surface area (Å²) < 4.78 is 0. The van der Waals surface area contributed by atoms with Crippen LogP contribution in [-0.4, -0.2) is 23.7 Å². The van der Waals surface area contributed by atoms with E-state index in [1.54, 1.807) is 6.92 Å². The van der Waals surface area contributed by atoms with Crippen molar-refractivity contribution < 1.29 is 9.90 Å². The topological polar surface area (TPSA) is 49.3 Å². The Balaban J connectivity index is 2.19. The molecule has 3 nitrogen and oxygen atoms in total. The minimum Gasteiger partial charge on any atom is -0.393 e. The standard InChI is InChI=1S/C15H23NO2/c1-12-6-3-4-8-14(12)9-10-15(18)16-11-5-7-13(2)17/h3-4,6,8,13,17H,5,7,9-11H2,1-2H3,(H,16,18). The number of aliphatic hydroxyl groups is 1. The molecule has 0 aromatic heterocycles. The monoisotopic (exact) mass is 249 g/mol. The van der Waals surface area contributed by atoms with Crippen molar-refractivity contribution >= 4 is 5.91 Å². The van der Waals surface area contributed by atoms with Gasteiger partial charge in [0.15, 0.2) is 0 Å². The van der Waals surface area contributed by atoms with E-state index in [1.807, 2.05) is 12.1 Å². The molecule has 1 aromatic carbocycles. The van der Waals surface area contributed by atoms with Gasteiger partial charge < -0.3 is 10.4 Å². The maximum absolute atomic E-state index is 11.6. The second kappa shape index (κ2) is 7.88. The number of nitrogens with one attached hydrogen (secondary N) is 1. The zero-order valence-electron chi connectivity index (χ0n) is 11.3. The van der Waals surface area contributed by atoms with E-state index in [2.05, 4.69) is 24.4 Å². The van der Waals surface area contributed by atoms with Gasteiger partial charge in [0.25, 0.3) is 0 Å². The van der Waals surface area contributed by atoms with Crippen molar-refractivity contribution in [3.05, 3.63) is 35.4 Å². The smallest absolute Gasteiger partial charge is 0.220 e. The van der Waals surface area contributed by atoms with Crippen molar-refractivity contribution in [2.45, 2.75) is 45.6 Å². The second-order valence-corrected chi connectivity index (χ2v) is 4.77. The molecule has 1 aromatic rings. The van der Waals surface area contributed by atoms with Crippen LogP contribution < -0.4 is 5.32 Å². The van der Waals surface area contributed by atoms with Crippen LogP contribution in [0, 0.1) is 6.92 Å². The quantitative estimate of drug-likeness (QED) is 0.728. The Kier molecular flexibility index (Phi) is 6.44. The van der Waals surface area contributed by atoms with E-state index >= 15 is 0 Å². The van der Waals surface area contributed by atoms with E-state index < -0.39 is 0 Å². The highest BCUT2D eigenvalue weighted by molar-refractivity contribution is 5.76. The summed E-state index contributed by atoms with van der Waals surface area (Å²) in [5.74, 6) is 0.0869. The van der Waals surface area contributed by atoms with Crippen molar-refractivity contribution in [1.29, 1.82) is 0 Å². The predicted molar refractivity (Wildman–Crippen MR) is 73.4 cm³/mol. The summed E-state index contributed by atoms with van der Waals surface area (Å²) in [4.78, 5) is 11.6. The predicted octanol–water partition coefficient (Wildman–Crippen LogP) is 2.20. The zero-order valence-corrected chi connectivity index (χ0v) is 11.3. The first kappa shape index (κ1) is 14.7. The molecule has 0 fully saturated rings.